The number of hydrogen-bond donors (Lipinski definition) is 2. The molecule has 3 aromatic rings. The molecule has 55 heavy (non-hydrogen) atoms. The van der Waals surface area contributed by atoms with Crippen molar-refractivity contribution in [2.75, 3.05) is 0 Å². The first kappa shape index (κ1) is 42.7. The Hall–Kier alpha value is -3.40. The topological polar surface area (TPSA) is 57.4 Å². The van der Waals surface area contributed by atoms with Gasteiger partial charge < -0.3 is 9.97 Å². The average molecular weight is 745 g/mol. The molecule has 3 aromatic heterocycles. The van der Waals surface area contributed by atoms with Crippen LogP contribution in [0.3, 0.4) is 0 Å². The Morgan fingerprint density at radius 2 is 0.873 bits per heavy atom. The largest absolute Gasteiger partial charge is 0.355 e. The summed E-state index contributed by atoms with van der Waals surface area (Å²) in [4.78, 5) is 18.8. The molecule has 0 unspecified atom stereocenters. The Bertz CT molecular complexity index is 1910. The SMILES string of the molecule is CCC1=C(C)c2nc1cc1[nH]c(cc3[nH]c(cc4nc(c2C[C@@H](C)CCC[C@@H](C)CCC[C@H](C)CCCC(C)C)C(C)=C4CC)c(CC)c3C)c(C)c1CC. The van der Waals surface area contributed by atoms with Crippen molar-refractivity contribution in [2.45, 2.75) is 180 Å². The van der Waals surface area contributed by atoms with Crippen molar-refractivity contribution < 1.29 is 0 Å². The van der Waals surface area contributed by atoms with Gasteiger partial charge in [-0.2, -0.15) is 0 Å². The van der Waals surface area contributed by atoms with Gasteiger partial charge in [-0.15, -0.1) is 0 Å². The smallest absolute Gasteiger partial charge is 0.0723 e. The third kappa shape index (κ3) is 9.77. The van der Waals surface area contributed by atoms with E-state index in [1.54, 1.807) is 0 Å². The fraction of sp³-hybridized carbons (Fsp3) is 0.608. The molecule has 0 saturated carbocycles. The Kier molecular flexibility index (Phi) is 14.9. The maximum Gasteiger partial charge on any atom is 0.0723 e. The number of nitrogens with one attached hydrogen (secondary N) is 2. The molecule has 2 aliphatic rings. The normalized spacial score (nSPS) is 15.1. The van der Waals surface area contributed by atoms with Gasteiger partial charge in [0.25, 0.3) is 0 Å². The molecule has 2 aliphatic heterocycles. The number of hydrogen-bond acceptors (Lipinski definition) is 2. The van der Waals surface area contributed by atoms with Crippen LogP contribution in [0.4, 0.5) is 0 Å². The van der Waals surface area contributed by atoms with Crippen molar-refractivity contribution in [3.63, 3.8) is 0 Å². The zero-order chi connectivity index (χ0) is 40.0. The van der Waals surface area contributed by atoms with Crippen molar-refractivity contribution in [1.29, 1.82) is 0 Å². The van der Waals surface area contributed by atoms with E-state index in [0.717, 1.165) is 72.6 Å². The van der Waals surface area contributed by atoms with Crippen LogP contribution in [0.25, 0.3) is 44.4 Å². The summed E-state index contributed by atoms with van der Waals surface area (Å²) in [6, 6.07) is 7.00. The summed E-state index contributed by atoms with van der Waals surface area (Å²) >= 11 is 0. The molecule has 0 aliphatic carbocycles. The molecule has 4 heteroatoms. The zero-order valence-corrected chi connectivity index (χ0v) is 37.3. The van der Waals surface area contributed by atoms with Gasteiger partial charge in [0.1, 0.15) is 0 Å². The first-order valence-corrected chi connectivity index (χ1v) is 22.5. The Morgan fingerprint density at radius 3 is 1.25 bits per heavy atom. The summed E-state index contributed by atoms with van der Waals surface area (Å²) in [6.07, 6.45) is 17.0. The summed E-state index contributed by atoms with van der Waals surface area (Å²) in [5, 5.41) is 0. The quantitative estimate of drug-likeness (QED) is 0.136. The summed E-state index contributed by atoms with van der Waals surface area (Å²) < 4.78 is 0. The highest BCUT2D eigenvalue weighted by atomic mass is 14.8. The van der Waals surface area contributed by atoms with Crippen molar-refractivity contribution >= 4 is 44.4 Å². The molecule has 0 aromatic carbocycles. The molecular weight excluding hydrogens is 669 g/mol. The lowest BCUT2D eigenvalue weighted by Gasteiger charge is -2.17. The predicted octanol–water partition coefficient (Wildman–Crippen LogP) is 15.4. The third-order valence-electron chi connectivity index (χ3n) is 13.3. The standard InChI is InChI=1S/C51H76N4/c1-14-39-35(10)44-28-45-36(11)40(15-2)47(53-45)30-49-42(17-4)38(13)51(55-49)43(50-37(12)41(16-3)48(54-50)29-46(39)52-44)27-34(9)26-20-25-33(8)24-19-23-32(7)22-18-21-31(5)6/h28-34,52-53H,14-27H2,1-13H3/t32-,33+,34+/m1/s1. The zero-order valence-electron chi connectivity index (χ0n) is 37.3. The van der Waals surface area contributed by atoms with Gasteiger partial charge in [-0.25, -0.2) is 9.97 Å². The minimum atomic E-state index is 0.548. The van der Waals surface area contributed by atoms with Crippen molar-refractivity contribution in [3.8, 4) is 0 Å². The van der Waals surface area contributed by atoms with Crippen LogP contribution in [0.1, 0.15) is 197 Å². The van der Waals surface area contributed by atoms with Gasteiger partial charge in [0, 0.05) is 27.6 Å². The van der Waals surface area contributed by atoms with Crippen LogP contribution in [0, 0.1) is 37.5 Å². The number of nitrogens with zero attached hydrogens (tertiary/aromatic N) is 2. The second-order valence-corrected chi connectivity index (χ2v) is 18.0. The van der Waals surface area contributed by atoms with Crippen LogP contribution in [0.5, 0.6) is 0 Å². The number of fused-ring (bicyclic) bond motifs is 8. The third-order valence-corrected chi connectivity index (χ3v) is 13.3. The second-order valence-electron chi connectivity index (χ2n) is 18.0. The van der Waals surface area contributed by atoms with E-state index in [0.29, 0.717) is 5.92 Å². The molecule has 3 atom stereocenters. The second kappa shape index (κ2) is 19.2. The molecule has 4 nitrogen and oxygen atoms in total. The van der Waals surface area contributed by atoms with E-state index < -0.39 is 0 Å². The molecule has 0 fully saturated rings. The van der Waals surface area contributed by atoms with Crippen LogP contribution >= 0.6 is 0 Å². The van der Waals surface area contributed by atoms with E-state index in [1.165, 1.54) is 130 Å². The van der Waals surface area contributed by atoms with Gasteiger partial charge >= 0.3 is 0 Å². The molecule has 300 valence electrons. The Labute approximate surface area is 335 Å². The fourth-order valence-electron chi connectivity index (χ4n) is 9.70. The van der Waals surface area contributed by atoms with Gasteiger partial charge in [0.15, 0.2) is 0 Å². The first-order chi connectivity index (χ1) is 26.3. The maximum absolute atomic E-state index is 5.57. The summed E-state index contributed by atoms with van der Waals surface area (Å²) in [6.45, 7) is 30.4. The molecular formula is C51H76N4. The average Bonchev–Trinajstić information content (AvgIpc) is 3.82. The summed E-state index contributed by atoms with van der Waals surface area (Å²) in [7, 11) is 0. The molecule has 5 heterocycles. The number of allylic oxidation sites excluding steroid dienone is 4. The summed E-state index contributed by atoms with van der Waals surface area (Å²) in [5.74, 6) is 3.05. The van der Waals surface area contributed by atoms with E-state index in [2.05, 4.69) is 118 Å². The molecule has 0 radical (unpaired) electrons. The maximum atomic E-state index is 5.57. The van der Waals surface area contributed by atoms with Gasteiger partial charge in [-0.3, -0.25) is 0 Å². The molecule has 0 amide bonds. The number of aryl methyl sites for hydroxylation is 4. The molecule has 8 bridgehead atoms. The van der Waals surface area contributed by atoms with Gasteiger partial charge in [0.05, 0.1) is 22.8 Å². The Balaban J connectivity index is 1.55. The van der Waals surface area contributed by atoms with Crippen molar-refractivity contribution in [1.82, 2.24) is 19.9 Å². The molecule has 5 rings (SSSR count). The van der Waals surface area contributed by atoms with Gasteiger partial charge in [0.2, 0.25) is 0 Å². The van der Waals surface area contributed by atoms with E-state index >= 15 is 0 Å². The van der Waals surface area contributed by atoms with Gasteiger partial charge in [-0.05, 0) is 146 Å². The van der Waals surface area contributed by atoms with E-state index in [4.69, 9.17) is 9.97 Å². The minimum absolute atomic E-state index is 0.548. The van der Waals surface area contributed by atoms with E-state index in [9.17, 15) is 0 Å². The Morgan fingerprint density at radius 1 is 0.473 bits per heavy atom. The highest BCUT2D eigenvalue weighted by molar-refractivity contribution is 5.97. The molecule has 2 N–H and O–H groups in total. The van der Waals surface area contributed by atoms with Crippen LogP contribution in [0.2, 0.25) is 0 Å². The molecule has 0 saturated heterocycles. The van der Waals surface area contributed by atoms with Crippen molar-refractivity contribution in [2.24, 2.45) is 23.7 Å². The number of H-pyrrole nitrogens is 2. The lowest BCUT2D eigenvalue weighted by atomic mass is 9.88. The van der Waals surface area contributed by atoms with Crippen LogP contribution in [0.15, 0.2) is 18.2 Å². The first-order valence-electron chi connectivity index (χ1n) is 22.5. The van der Waals surface area contributed by atoms with Crippen LogP contribution < -0.4 is 0 Å². The number of aromatic nitrogens is 4. The van der Waals surface area contributed by atoms with E-state index in [1.807, 2.05) is 0 Å². The highest BCUT2D eigenvalue weighted by Crippen LogP contribution is 2.41. The van der Waals surface area contributed by atoms with Crippen LogP contribution in [-0.4, -0.2) is 19.9 Å². The lowest BCUT2D eigenvalue weighted by Crippen LogP contribution is -2.07. The van der Waals surface area contributed by atoms with Crippen LogP contribution in [-0.2, 0) is 19.3 Å². The predicted molar refractivity (Wildman–Crippen MR) is 242 cm³/mol. The highest BCUT2D eigenvalue weighted by Gasteiger charge is 2.26. The summed E-state index contributed by atoms with van der Waals surface area (Å²) in [5.41, 5.74) is 21.4. The molecule has 0 spiro atoms. The fourth-order valence-corrected chi connectivity index (χ4v) is 9.70. The van der Waals surface area contributed by atoms with Crippen molar-refractivity contribution in [3.05, 3.63) is 68.8 Å². The number of aromatic amines is 2. The van der Waals surface area contributed by atoms with E-state index in [-0.39, 0.29) is 0 Å². The van der Waals surface area contributed by atoms with Gasteiger partial charge in [-0.1, -0.05) is 120 Å². The number of rotatable bonds is 18. The minimum Gasteiger partial charge on any atom is -0.355 e. The lowest BCUT2D eigenvalue weighted by molar-refractivity contribution is 0.377. The monoisotopic (exact) mass is 745 g/mol.